The van der Waals surface area contributed by atoms with Gasteiger partial charge in [-0.2, -0.15) is 0 Å². The van der Waals surface area contributed by atoms with Crippen molar-refractivity contribution in [2.75, 3.05) is 0 Å². The molecule has 0 unspecified atom stereocenters. The Labute approximate surface area is 160 Å². The maximum Gasteiger partial charge on any atom is 0.195 e. The summed E-state index contributed by atoms with van der Waals surface area (Å²) >= 11 is 0. The molecular weight excluding hydrogens is 352 g/mol. The first-order chi connectivity index (χ1) is 13.9. The second kappa shape index (κ2) is 6.92. The zero-order valence-electron chi connectivity index (χ0n) is 14.7. The minimum atomic E-state index is 0.640. The van der Waals surface area contributed by atoms with E-state index in [1.165, 1.54) is 0 Å². The normalized spacial score (nSPS) is 10.9. The second-order valence-electron chi connectivity index (χ2n) is 6.21. The van der Waals surface area contributed by atoms with E-state index in [4.69, 9.17) is 9.05 Å². The number of aromatic nitrogens is 4. The zero-order valence-corrected chi connectivity index (χ0v) is 14.7. The van der Waals surface area contributed by atoms with Crippen molar-refractivity contribution in [3.05, 3.63) is 84.9 Å². The lowest BCUT2D eigenvalue weighted by Gasteiger charge is -2.03. The van der Waals surface area contributed by atoms with Crippen molar-refractivity contribution in [3.63, 3.8) is 0 Å². The molecule has 2 heterocycles. The fourth-order valence-electron chi connectivity index (χ4n) is 3.10. The van der Waals surface area contributed by atoms with E-state index in [1.54, 1.807) is 0 Å². The number of nitrogens with zero attached hydrogens (tertiary/aromatic N) is 4. The van der Waals surface area contributed by atoms with E-state index < -0.39 is 0 Å². The van der Waals surface area contributed by atoms with Crippen LogP contribution in [-0.2, 0) is 0 Å². The summed E-state index contributed by atoms with van der Waals surface area (Å²) in [6, 6.07) is 27.4. The molecule has 0 atom stereocenters. The molecule has 5 rings (SSSR count). The van der Waals surface area contributed by atoms with E-state index in [0.29, 0.717) is 22.9 Å². The Morgan fingerprint density at radius 3 is 1.21 bits per heavy atom. The molecule has 0 spiro atoms. The lowest BCUT2D eigenvalue weighted by Crippen LogP contribution is -1.86. The van der Waals surface area contributed by atoms with Gasteiger partial charge in [0.1, 0.15) is 11.4 Å². The summed E-state index contributed by atoms with van der Waals surface area (Å²) in [5.74, 6) is 1.28. The number of hydrogen-bond acceptors (Lipinski definition) is 6. The maximum absolute atomic E-state index is 5.39. The predicted molar refractivity (Wildman–Crippen MR) is 104 cm³/mol. The van der Waals surface area contributed by atoms with Gasteiger partial charge in [0, 0.05) is 32.8 Å². The number of rotatable bonds is 4. The van der Waals surface area contributed by atoms with Crippen LogP contribution in [0.25, 0.3) is 45.2 Å². The monoisotopic (exact) mass is 366 g/mol. The van der Waals surface area contributed by atoms with Gasteiger partial charge in [0.05, 0.1) is 0 Å². The lowest BCUT2D eigenvalue weighted by atomic mass is 10.0. The van der Waals surface area contributed by atoms with Crippen molar-refractivity contribution < 1.29 is 9.05 Å². The van der Waals surface area contributed by atoms with E-state index in [0.717, 1.165) is 22.3 Å². The molecule has 6 nitrogen and oxygen atoms in total. The number of benzene rings is 3. The van der Waals surface area contributed by atoms with Crippen LogP contribution in [0.15, 0.2) is 94.0 Å². The molecule has 0 saturated heterocycles. The highest BCUT2D eigenvalue weighted by atomic mass is 16.5. The molecule has 28 heavy (non-hydrogen) atoms. The van der Waals surface area contributed by atoms with Gasteiger partial charge in [-0.1, -0.05) is 84.9 Å². The molecule has 0 aliphatic rings. The first kappa shape index (κ1) is 16.1. The van der Waals surface area contributed by atoms with Gasteiger partial charge in [-0.3, -0.25) is 0 Å². The molecule has 0 fully saturated rings. The van der Waals surface area contributed by atoms with Crippen LogP contribution in [0, 0.1) is 0 Å². The van der Waals surface area contributed by atoms with E-state index in [2.05, 4.69) is 20.7 Å². The minimum Gasteiger partial charge on any atom is -0.336 e. The summed E-state index contributed by atoms with van der Waals surface area (Å²) < 4.78 is 10.8. The fourth-order valence-corrected chi connectivity index (χ4v) is 3.10. The Balaban J connectivity index is 1.51. The van der Waals surface area contributed by atoms with Crippen LogP contribution >= 0.6 is 0 Å². The average molecular weight is 366 g/mol. The molecule has 0 bridgehead atoms. The van der Waals surface area contributed by atoms with Crippen molar-refractivity contribution >= 4 is 0 Å². The molecular formula is C22H14N4O2. The summed E-state index contributed by atoms with van der Waals surface area (Å²) in [5.41, 5.74) is 5.05. The van der Waals surface area contributed by atoms with Crippen molar-refractivity contribution in [3.8, 4) is 45.2 Å². The molecule has 6 heteroatoms. The summed E-state index contributed by atoms with van der Waals surface area (Å²) in [5, 5.41) is 15.8. The Hall–Kier alpha value is -4.06. The van der Waals surface area contributed by atoms with Gasteiger partial charge >= 0.3 is 0 Å². The summed E-state index contributed by atoms with van der Waals surface area (Å²) in [7, 11) is 0. The van der Waals surface area contributed by atoms with Crippen LogP contribution < -0.4 is 0 Å². The van der Waals surface area contributed by atoms with Crippen LogP contribution in [0.1, 0.15) is 0 Å². The first-order valence-corrected chi connectivity index (χ1v) is 8.76. The summed E-state index contributed by atoms with van der Waals surface area (Å²) in [6.45, 7) is 0. The molecule has 0 radical (unpaired) electrons. The van der Waals surface area contributed by atoms with Crippen molar-refractivity contribution in [1.82, 2.24) is 20.7 Å². The van der Waals surface area contributed by atoms with Gasteiger partial charge in [-0.15, -0.1) is 10.2 Å². The van der Waals surface area contributed by atoms with E-state index in [9.17, 15) is 0 Å². The smallest absolute Gasteiger partial charge is 0.195 e. The van der Waals surface area contributed by atoms with Gasteiger partial charge in [0.2, 0.25) is 0 Å². The molecule has 0 N–H and O–H groups in total. The zero-order chi connectivity index (χ0) is 18.8. The van der Waals surface area contributed by atoms with Gasteiger partial charge in [0.25, 0.3) is 0 Å². The van der Waals surface area contributed by atoms with Crippen molar-refractivity contribution in [1.29, 1.82) is 0 Å². The van der Waals surface area contributed by atoms with Crippen molar-refractivity contribution in [2.24, 2.45) is 0 Å². The van der Waals surface area contributed by atoms with Crippen molar-refractivity contribution in [2.45, 2.75) is 0 Å². The third-order valence-electron chi connectivity index (χ3n) is 4.48. The van der Waals surface area contributed by atoms with E-state index in [-0.39, 0.29) is 0 Å². The van der Waals surface area contributed by atoms with Gasteiger partial charge in [-0.25, -0.2) is 0 Å². The molecule has 3 aromatic carbocycles. The first-order valence-electron chi connectivity index (χ1n) is 8.76. The maximum atomic E-state index is 5.39. The summed E-state index contributed by atoms with van der Waals surface area (Å²) in [6.07, 6.45) is 0. The average Bonchev–Trinajstić information content (AvgIpc) is 3.45. The number of hydrogen-bond donors (Lipinski definition) is 0. The Kier molecular flexibility index (Phi) is 3.99. The lowest BCUT2D eigenvalue weighted by molar-refractivity contribution is 0.403. The third-order valence-corrected chi connectivity index (χ3v) is 4.48. The van der Waals surface area contributed by atoms with Gasteiger partial charge in [0.15, 0.2) is 11.5 Å². The van der Waals surface area contributed by atoms with Crippen LogP contribution in [0.5, 0.6) is 0 Å². The van der Waals surface area contributed by atoms with Crippen LogP contribution in [0.3, 0.4) is 0 Å². The Morgan fingerprint density at radius 1 is 0.429 bits per heavy atom. The van der Waals surface area contributed by atoms with Crippen LogP contribution in [0.2, 0.25) is 0 Å². The summed E-state index contributed by atoms with van der Waals surface area (Å²) in [4.78, 5) is 0. The van der Waals surface area contributed by atoms with Gasteiger partial charge < -0.3 is 9.05 Å². The standard InChI is InChI=1S/C22H14N4O2/c1-3-7-17(8-4-1)21-19(23-25-27-21)15-11-13-16(14-12-15)20-22(28-26-24-20)18-9-5-2-6-10-18/h1-14H. The molecule has 0 aliphatic heterocycles. The molecule has 0 amide bonds. The topological polar surface area (TPSA) is 77.8 Å². The fraction of sp³-hybridized carbons (Fsp3) is 0. The molecule has 2 aromatic heterocycles. The Bertz CT molecular complexity index is 1100. The highest BCUT2D eigenvalue weighted by molar-refractivity contribution is 5.80. The molecule has 0 saturated carbocycles. The van der Waals surface area contributed by atoms with Gasteiger partial charge in [-0.05, 0) is 0 Å². The third kappa shape index (κ3) is 2.87. The largest absolute Gasteiger partial charge is 0.336 e. The van der Waals surface area contributed by atoms with Crippen LogP contribution in [-0.4, -0.2) is 20.7 Å². The SMILES string of the molecule is c1ccc(-c2onnc2-c2ccc(-c3nnoc3-c3ccccc3)cc2)cc1. The minimum absolute atomic E-state index is 0.640. The highest BCUT2D eigenvalue weighted by Crippen LogP contribution is 2.33. The molecule has 134 valence electrons. The predicted octanol–water partition coefficient (Wildman–Crippen LogP) is 5.12. The Morgan fingerprint density at radius 2 is 0.821 bits per heavy atom. The molecule has 0 aliphatic carbocycles. The van der Waals surface area contributed by atoms with Crippen LogP contribution in [0.4, 0.5) is 0 Å². The van der Waals surface area contributed by atoms with E-state index >= 15 is 0 Å². The second-order valence-corrected chi connectivity index (χ2v) is 6.21. The highest BCUT2D eigenvalue weighted by Gasteiger charge is 2.17. The molecule has 5 aromatic rings. The quantitative estimate of drug-likeness (QED) is 0.439. The van der Waals surface area contributed by atoms with E-state index in [1.807, 2.05) is 84.9 Å².